The number of hydrogen-bond acceptors (Lipinski definition) is 7. The molecule has 0 unspecified atom stereocenters. The number of benzene rings is 1. The molecule has 0 amide bonds. The van der Waals surface area contributed by atoms with Crippen LogP contribution >= 0.6 is 12.2 Å². The van der Waals surface area contributed by atoms with E-state index in [-0.39, 0.29) is 0 Å². The van der Waals surface area contributed by atoms with Crippen molar-refractivity contribution in [1.29, 1.82) is 0 Å². The van der Waals surface area contributed by atoms with E-state index in [1.54, 1.807) is 19.6 Å². The van der Waals surface area contributed by atoms with E-state index in [4.69, 9.17) is 21.7 Å². The molecule has 0 bridgehead atoms. The van der Waals surface area contributed by atoms with E-state index in [1.807, 2.05) is 37.4 Å². The van der Waals surface area contributed by atoms with Gasteiger partial charge in [0, 0.05) is 56.6 Å². The summed E-state index contributed by atoms with van der Waals surface area (Å²) in [6, 6.07) is 7.84. The first kappa shape index (κ1) is 21.0. The largest absolute Gasteiger partial charge is 0.493 e. The van der Waals surface area contributed by atoms with Gasteiger partial charge in [0.15, 0.2) is 16.6 Å². The van der Waals surface area contributed by atoms with E-state index in [9.17, 15) is 0 Å². The van der Waals surface area contributed by atoms with Crippen LogP contribution in [0.4, 0.5) is 5.82 Å². The van der Waals surface area contributed by atoms with Crippen molar-refractivity contribution < 1.29 is 9.47 Å². The molecule has 1 aromatic carbocycles. The van der Waals surface area contributed by atoms with Crippen LogP contribution < -0.4 is 19.7 Å². The van der Waals surface area contributed by atoms with Gasteiger partial charge in [0.1, 0.15) is 12.1 Å². The first-order chi connectivity index (χ1) is 15.2. The summed E-state index contributed by atoms with van der Waals surface area (Å²) in [6.07, 6.45) is 5.22. The predicted octanol–water partition coefficient (Wildman–Crippen LogP) is 2.63. The van der Waals surface area contributed by atoms with E-state index in [2.05, 4.69) is 30.1 Å². The lowest BCUT2D eigenvalue weighted by molar-refractivity contribution is 0.311. The molecule has 0 atom stereocenters. The molecule has 3 aromatic rings. The summed E-state index contributed by atoms with van der Waals surface area (Å²) in [7, 11) is 1.64. The van der Waals surface area contributed by atoms with Gasteiger partial charge in [-0.3, -0.25) is 4.98 Å². The minimum atomic E-state index is 0.566. The number of piperazine rings is 1. The Morgan fingerprint density at radius 3 is 2.71 bits per heavy atom. The molecule has 0 aliphatic carbocycles. The van der Waals surface area contributed by atoms with Crippen molar-refractivity contribution in [3.63, 3.8) is 0 Å². The Kier molecular flexibility index (Phi) is 6.61. The summed E-state index contributed by atoms with van der Waals surface area (Å²) < 4.78 is 11.2. The van der Waals surface area contributed by atoms with E-state index < -0.39 is 0 Å². The van der Waals surface area contributed by atoms with Crippen LogP contribution in [0.2, 0.25) is 0 Å². The lowest BCUT2D eigenvalue weighted by Crippen LogP contribution is -2.51. The van der Waals surface area contributed by atoms with Crippen LogP contribution in [0.15, 0.2) is 43.0 Å². The number of anilines is 1. The van der Waals surface area contributed by atoms with Crippen LogP contribution in [0.1, 0.15) is 12.5 Å². The Bertz CT molecular complexity index is 1040. The molecule has 0 saturated carbocycles. The lowest BCUT2D eigenvalue weighted by atomic mass is 10.2. The number of aromatic nitrogens is 3. The zero-order valence-corrected chi connectivity index (χ0v) is 18.6. The molecule has 2 aromatic heterocycles. The van der Waals surface area contributed by atoms with Crippen LogP contribution in [0.25, 0.3) is 10.9 Å². The summed E-state index contributed by atoms with van der Waals surface area (Å²) in [6.45, 7) is 6.45. The predicted molar refractivity (Wildman–Crippen MR) is 125 cm³/mol. The molecule has 31 heavy (non-hydrogen) atoms. The number of ether oxygens (including phenoxy) is 2. The highest BCUT2D eigenvalue weighted by Gasteiger charge is 2.22. The van der Waals surface area contributed by atoms with E-state index in [1.165, 1.54) is 0 Å². The fraction of sp³-hybridized carbons (Fsp3) is 0.364. The maximum absolute atomic E-state index is 5.69. The van der Waals surface area contributed by atoms with Crippen molar-refractivity contribution in [2.24, 2.45) is 0 Å². The number of hydrogen-bond donors (Lipinski definition) is 1. The number of pyridine rings is 1. The van der Waals surface area contributed by atoms with Crippen LogP contribution in [-0.4, -0.2) is 64.9 Å². The molecule has 1 saturated heterocycles. The van der Waals surface area contributed by atoms with Gasteiger partial charge in [0.2, 0.25) is 0 Å². The number of nitrogens with one attached hydrogen (secondary N) is 1. The van der Waals surface area contributed by atoms with Gasteiger partial charge in [-0.1, -0.05) is 6.07 Å². The summed E-state index contributed by atoms with van der Waals surface area (Å²) in [5.74, 6) is 2.28. The standard InChI is InChI=1S/C22H26N6O2S/c1-3-30-20-12-18-17(11-19(20)29-2)21(26-15-25-18)27-7-9-28(10-8-27)22(31)24-14-16-5-4-6-23-13-16/h4-6,11-13,15H,3,7-10,14H2,1-2H3,(H,24,31). The van der Waals surface area contributed by atoms with Crippen molar-refractivity contribution in [2.45, 2.75) is 13.5 Å². The maximum Gasteiger partial charge on any atom is 0.169 e. The van der Waals surface area contributed by atoms with Crippen molar-refractivity contribution in [1.82, 2.24) is 25.2 Å². The number of thiocarbonyl (C=S) groups is 1. The van der Waals surface area contributed by atoms with Crippen molar-refractivity contribution in [3.8, 4) is 11.5 Å². The van der Waals surface area contributed by atoms with Crippen LogP contribution in [-0.2, 0) is 6.54 Å². The zero-order chi connectivity index (χ0) is 21.6. The molecule has 0 radical (unpaired) electrons. The fourth-order valence-electron chi connectivity index (χ4n) is 3.64. The first-order valence-electron chi connectivity index (χ1n) is 10.3. The molecule has 9 heteroatoms. The van der Waals surface area contributed by atoms with Gasteiger partial charge < -0.3 is 24.6 Å². The SMILES string of the molecule is CCOc1cc2ncnc(N3CCN(C(=S)NCc4cccnc4)CC3)c2cc1OC. The quantitative estimate of drug-likeness (QED) is 0.585. The summed E-state index contributed by atoms with van der Waals surface area (Å²) in [5, 5.41) is 5.04. The van der Waals surface area contributed by atoms with E-state index >= 15 is 0 Å². The molecule has 1 N–H and O–H groups in total. The Hall–Kier alpha value is -3.20. The third-order valence-electron chi connectivity index (χ3n) is 5.23. The Balaban J connectivity index is 1.44. The van der Waals surface area contributed by atoms with Gasteiger partial charge in [-0.15, -0.1) is 0 Å². The van der Waals surface area contributed by atoms with Crippen molar-refractivity contribution >= 4 is 34.1 Å². The number of nitrogens with zero attached hydrogens (tertiary/aromatic N) is 5. The number of fused-ring (bicyclic) bond motifs is 1. The van der Waals surface area contributed by atoms with Crippen LogP contribution in [0.5, 0.6) is 11.5 Å². The third kappa shape index (κ3) is 4.77. The Morgan fingerprint density at radius 1 is 1.16 bits per heavy atom. The molecular formula is C22H26N6O2S. The minimum Gasteiger partial charge on any atom is -0.493 e. The van der Waals surface area contributed by atoms with E-state index in [0.29, 0.717) is 24.7 Å². The molecule has 4 rings (SSSR count). The van der Waals surface area contributed by atoms with Gasteiger partial charge in [0.05, 0.1) is 19.2 Å². The third-order valence-corrected chi connectivity index (χ3v) is 5.64. The molecule has 8 nitrogen and oxygen atoms in total. The van der Waals surface area contributed by atoms with Gasteiger partial charge in [-0.05, 0) is 36.8 Å². The highest BCUT2D eigenvalue weighted by Crippen LogP contribution is 2.35. The molecule has 1 aliphatic heterocycles. The fourth-order valence-corrected chi connectivity index (χ4v) is 3.90. The molecule has 3 heterocycles. The lowest BCUT2D eigenvalue weighted by Gasteiger charge is -2.37. The first-order valence-corrected chi connectivity index (χ1v) is 10.7. The molecule has 162 valence electrons. The normalized spacial score (nSPS) is 13.9. The zero-order valence-electron chi connectivity index (χ0n) is 17.7. The highest BCUT2D eigenvalue weighted by atomic mass is 32.1. The smallest absolute Gasteiger partial charge is 0.169 e. The highest BCUT2D eigenvalue weighted by molar-refractivity contribution is 7.80. The monoisotopic (exact) mass is 438 g/mol. The van der Waals surface area contributed by atoms with Crippen LogP contribution in [0, 0.1) is 0 Å². The molecule has 0 spiro atoms. The van der Waals surface area contributed by atoms with Gasteiger partial charge >= 0.3 is 0 Å². The Labute approximate surface area is 187 Å². The second-order valence-electron chi connectivity index (χ2n) is 7.14. The van der Waals surface area contributed by atoms with Crippen LogP contribution in [0.3, 0.4) is 0 Å². The average Bonchev–Trinajstić information content (AvgIpc) is 2.82. The topological polar surface area (TPSA) is 75.6 Å². The van der Waals surface area contributed by atoms with Crippen molar-refractivity contribution in [3.05, 3.63) is 48.5 Å². The molecule has 1 fully saturated rings. The summed E-state index contributed by atoms with van der Waals surface area (Å²) >= 11 is 5.60. The maximum atomic E-state index is 5.69. The second-order valence-corrected chi connectivity index (χ2v) is 7.53. The van der Waals surface area contributed by atoms with E-state index in [0.717, 1.165) is 53.6 Å². The number of rotatable bonds is 6. The van der Waals surface area contributed by atoms with Gasteiger partial charge in [-0.2, -0.15) is 0 Å². The van der Waals surface area contributed by atoms with Gasteiger partial charge in [-0.25, -0.2) is 9.97 Å². The summed E-state index contributed by atoms with van der Waals surface area (Å²) in [5.41, 5.74) is 1.95. The Morgan fingerprint density at radius 2 is 2.00 bits per heavy atom. The average molecular weight is 439 g/mol. The minimum absolute atomic E-state index is 0.566. The molecular weight excluding hydrogens is 412 g/mol. The van der Waals surface area contributed by atoms with Crippen molar-refractivity contribution in [2.75, 3.05) is 44.8 Å². The second kappa shape index (κ2) is 9.74. The number of methoxy groups -OCH3 is 1. The molecule has 1 aliphatic rings. The summed E-state index contributed by atoms with van der Waals surface area (Å²) in [4.78, 5) is 17.6. The van der Waals surface area contributed by atoms with Gasteiger partial charge in [0.25, 0.3) is 0 Å².